The molecule has 0 aromatic heterocycles. The number of likely N-dealkylation sites (tertiary alicyclic amines) is 1. The van der Waals surface area contributed by atoms with Gasteiger partial charge in [0.1, 0.15) is 0 Å². The molecule has 3 heteroatoms. The maximum Gasteiger partial charge on any atom is 0.0954 e. The van der Waals surface area contributed by atoms with Crippen LogP contribution in [0.4, 0.5) is 0 Å². The third-order valence-corrected chi connectivity index (χ3v) is 4.70. The highest BCUT2D eigenvalue weighted by molar-refractivity contribution is 5.31. The smallest absolute Gasteiger partial charge is 0.0954 e. The van der Waals surface area contributed by atoms with Gasteiger partial charge in [-0.2, -0.15) is 0 Å². The summed E-state index contributed by atoms with van der Waals surface area (Å²) in [6.07, 6.45) is 5.16. The van der Waals surface area contributed by atoms with Gasteiger partial charge < -0.3 is 10.1 Å². The van der Waals surface area contributed by atoms with Gasteiger partial charge in [-0.3, -0.25) is 4.90 Å². The summed E-state index contributed by atoms with van der Waals surface area (Å²) in [6, 6.07) is 9.45. The van der Waals surface area contributed by atoms with Gasteiger partial charge in [0.15, 0.2) is 0 Å². The van der Waals surface area contributed by atoms with E-state index < -0.39 is 0 Å². The predicted molar refractivity (Wildman–Crippen MR) is 86.6 cm³/mol. The van der Waals surface area contributed by atoms with E-state index in [0.29, 0.717) is 6.04 Å². The van der Waals surface area contributed by atoms with Crippen LogP contribution in [0.25, 0.3) is 0 Å². The van der Waals surface area contributed by atoms with Crippen molar-refractivity contribution in [3.63, 3.8) is 0 Å². The number of benzene rings is 1. The topological polar surface area (TPSA) is 24.5 Å². The van der Waals surface area contributed by atoms with Crippen LogP contribution in [-0.4, -0.2) is 43.7 Å². The molecule has 2 heterocycles. The number of hydrogen-bond acceptors (Lipinski definition) is 3. The first-order valence-electron chi connectivity index (χ1n) is 8.52. The minimum atomic E-state index is 0.264. The lowest BCUT2D eigenvalue weighted by atomic mass is 9.96. The van der Waals surface area contributed by atoms with Crippen LogP contribution in [0.5, 0.6) is 0 Å². The normalized spacial score (nSPS) is 26.5. The zero-order chi connectivity index (χ0) is 14.5. The summed E-state index contributed by atoms with van der Waals surface area (Å²) in [5.74, 6) is 0. The summed E-state index contributed by atoms with van der Waals surface area (Å²) < 4.78 is 6.06. The van der Waals surface area contributed by atoms with Gasteiger partial charge in [0.2, 0.25) is 0 Å². The summed E-state index contributed by atoms with van der Waals surface area (Å²) in [5, 5.41) is 3.68. The van der Waals surface area contributed by atoms with Crippen LogP contribution in [0.15, 0.2) is 24.3 Å². The Labute approximate surface area is 128 Å². The van der Waals surface area contributed by atoms with E-state index >= 15 is 0 Å². The second kappa shape index (κ2) is 7.39. The lowest BCUT2D eigenvalue weighted by molar-refractivity contribution is 0.00918. The fourth-order valence-electron chi connectivity index (χ4n) is 3.60. The van der Waals surface area contributed by atoms with Gasteiger partial charge in [0.05, 0.1) is 12.7 Å². The van der Waals surface area contributed by atoms with Crippen LogP contribution in [0.1, 0.15) is 43.4 Å². The van der Waals surface area contributed by atoms with Crippen molar-refractivity contribution in [1.29, 1.82) is 0 Å². The van der Waals surface area contributed by atoms with Crippen LogP contribution in [0, 0.1) is 0 Å². The molecule has 0 bridgehead atoms. The van der Waals surface area contributed by atoms with E-state index in [1.807, 2.05) is 0 Å². The third-order valence-electron chi connectivity index (χ3n) is 4.70. The number of nitrogens with zero attached hydrogens (tertiary/aromatic N) is 1. The van der Waals surface area contributed by atoms with Crippen molar-refractivity contribution in [3.05, 3.63) is 35.4 Å². The summed E-state index contributed by atoms with van der Waals surface area (Å²) in [5.41, 5.74) is 2.89. The summed E-state index contributed by atoms with van der Waals surface area (Å²) in [4.78, 5) is 2.59. The van der Waals surface area contributed by atoms with E-state index in [2.05, 4.69) is 41.4 Å². The standard InChI is InChI=1S/C18H28N2O/c1-2-10-19-16-7-5-11-20(13-16)14-18-17-8-4-3-6-15(17)9-12-21-18/h3-4,6,8,16,18-19H,2,5,7,9-14H2,1H3. The van der Waals surface area contributed by atoms with Crippen LogP contribution in [-0.2, 0) is 11.2 Å². The van der Waals surface area contributed by atoms with Crippen molar-refractivity contribution >= 4 is 0 Å². The average Bonchev–Trinajstić information content (AvgIpc) is 2.54. The van der Waals surface area contributed by atoms with E-state index in [1.165, 1.54) is 43.5 Å². The minimum Gasteiger partial charge on any atom is -0.372 e. The van der Waals surface area contributed by atoms with Crippen molar-refractivity contribution in [3.8, 4) is 0 Å². The number of hydrogen-bond donors (Lipinski definition) is 1. The molecule has 0 spiro atoms. The van der Waals surface area contributed by atoms with E-state index in [-0.39, 0.29) is 6.10 Å². The molecule has 1 saturated heterocycles. The molecule has 0 radical (unpaired) electrons. The highest BCUT2D eigenvalue weighted by Gasteiger charge is 2.26. The van der Waals surface area contributed by atoms with E-state index in [1.54, 1.807) is 0 Å². The van der Waals surface area contributed by atoms with Crippen LogP contribution in [0.3, 0.4) is 0 Å². The van der Waals surface area contributed by atoms with Gasteiger partial charge in [-0.25, -0.2) is 0 Å². The SMILES string of the molecule is CCCNC1CCCN(CC2OCCc3ccccc32)C1. The Morgan fingerprint density at radius 2 is 2.24 bits per heavy atom. The molecule has 2 unspecified atom stereocenters. The van der Waals surface area contributed by atoms with Crippen molar-refractivity contribution in [2.24, 2.45) is 0 Å². The number of nitrogens with one attached hydrogen (secondary N) is 1. The molecule has 21 heavy (non-hydrogen) atoms. The van der Waals surface area contributed by atoms with Gasteiger partial charge in [-0.15, -0.1) is 0 Å². The third kappa shape index (κ3) is 3.85. The largest absolute Gasteiger partial charge is 0.372 e. The Morgan fingerprint density at radius 3 is 3.14 bits per heavy atom. The zero-order valence-corrected chi connectivity index (χ0v) is 13.2. The Kier molecular flexibility index (Phi) is 5.28. The molecule has 3 nitrogen and oxygen atoms in total. The molecular weight excluding hydrogens is 260 g/mol. The average molecular weight is 288 g/mol. The molecule has 0 amide bonds. The Bertz CT molecular complexity index is 449. The number of piperidine rings is 1. The highest BCUT2D eigenvalue weighted by Crippen LogP contribution is 2.28. The number of fused-ring (bicyclic) bond motifs is 1. The summed E-state index contributed by atoms with van der Waals surface area (Å²) >= 11 is 0. The van der Waals surface area contributed by atoms with Gasteiger partial charge in [-0.05, 0) is 49.9 Å². The first-order chi connectivity index (χ1) is 10.4. The maximum atomic E-state index is 6.06. The zero-order valence-electron chi connectivity index (χ0n) is 13.2. The summed E-state index contributed by atoms with van der Waals surface area (Å²) in [6.45, 7) is 7.67. The second-order valence-electron chi connectivity index (χ2n) is 6.36. The monoisotopic (exact) mass is 288 g/mol. The van der Waals surface area contributed by atoms with Crippen molar-refractivity contribution in [2.75, 3.05) is 32.8 Å². The number of ether oxygens (including phenoxy) is 1. The van der Waals surface area contributed by atoms with Crippen molar-refractivity contribution in [1.82, 2.24) is 10.2 Å². The Morgan fingerprint density at radius 1 is 1.33 bits per heavy atom. The second-order valence-corrected chi connectivity index (χ2v) is 6.36. The minimum absolute atomic E-state index is 0.264. The van der Waals surface area contributed by atoms with Crippen LogP contribution < -0.4 is 5.32 Å². The molecule has 2 aliphatic heterocycles. The molecular formula is C18H28N2O. The first-order valence-corrected chi connectivity index (χ1v) is 8.52. The molecule has 116 valence electrons. The van der Waals surface area contributed by atoms with Gasteiger partial charge in [-0.1, -0.05) is 31.2 Å². The molecule has 1 aromatic rings. The van der Waals surface area contributed by atoms with Crippen molar-refractivity contribution < 1.29 is 4.74 Å². The van der Waals surface area contributed by atoms with Crippen LogP contribution >= 0.6 is 0 Å². The van der Waals surface area contributed by atoms with E-state index in [9.17, 15) is 0 Å². The molecule has 1 fully saturated rings. The van der Waals surface area contributed by atoms with Gasteiger partial charge in [0.25, 0.3) is 0 Å². The highest BCUT2D eigenvalue weighted by atomic mass is 16.5. The molecule has 3 rings (SSSR count). The molecule has 2 atom stereocenters. The lowest BCUT2D eigenvalue weighted by Gasteiger charge is -2.37. The maximum absolute atomic E-state index is 6.06. The van der Waals surface area contributed by atoms with Gasteiger partial charge in [0, 0.05) is 19.1 Å². The predicted octanol–water partition coefficient (Wildman–Crippen LogP) is 2.76. The lowest BCUT2D eigenvalue weighted by Crippen LogP contribution is -2.47. The first kappa shape index (κ1) is 15.0. The van der Waals surface area contributed by atoms with Gasteiger partial charge >= 0.3 is 0 Å². The molecule has 2 aliphatic rings. The van der Waals surface area contributed by atoms with E-state index in [0.717, 1.165) is 26.1 Å². The van der Waals surface area contributed by atoms with Crippen LogP contribution in [0.2, 0.25) is 0 Å². The molecule has 0 aliphatic carbocycles. The number of rotatable bonds is 5. The molecule has 1 aromatic carbocycles. The van der Waals surface area contributed by atoms with E-state index in [4.69, 9.17) is 4.74 Å². The summed E-state index contributed by atoms with van der Waals surface area (Å²) in [7, 11) is 0. The fraction of sp³-hybridized carbons (Fsp3) is 0.667. The molecule has 1 N–H and O–H groups in total. The Balaban J connectivity index is 1.59. The molecule has 0 saturated carbocycles. The quantitative estimate of drug-likeness (QED) is 0.901. The van der Waals surface area contributed by atoms with Crippen molar-refractivity contribution in [2.45, 2.75) is 44.8 Å². The Hall–Kier alpha value is -0.900. The fourth-order valence-corrected chi connectivity index (χ4v) is 3.60.